The first-order valence-electron chi connectivity index (χ1n) is 15.5. The number of hydrogen-bond acceptors (Lipinski definition) is 9. The van der Waals surface area contributed by atoms with Crippen LogP contribution in [0, 0.1) is 5.82 Å². The number of carbonyl (C=O) groups excluding carboxylic acids is 1. The number of aromatic nitrogens is 2. The van der Waals surface area contributed by atoms with Crippen LogP contribution in [-0.4, -0.2) is 81.8 Å². The highest BCUT2D eigenvalue weighted by Gasteiger charge is 2.28. The minimum absolute atomic E-state index is 0.196. The number of pyridine rings is 1. The van der Waals surface area contributed by atoms with E-state index < -0.39 is 21.7 Å². The lowest BCUT2D eigenvalue weighted by Gasteiger charge is -2.31. The number of amides is 1. The van der Waals surface area contributed by atoms with Crippen LogP contribution in [0.3, 0.4) is 0 Å². The van der Waals surface area contributed by atoms with E-state index in [9.17, 15) is 17.6 Å². The average molecular weight is 669 g/mol. The van der Waals surface area contributed by atoms with E-state index in [4.69, 9.17) is 8.83 Å². The van der Waals surface area contributed by atoms with Crippen LogP contribution in [0.15, 0.2) is 87.8 Å². The number of rotatable bonds is 9. The summed E-state index contributed by atoms with van der Waals surface area (Å²) in [6, 6.07) is 20.1. The Morgan fingerprint density at radius 1 is 0.979 bits per heavy atom. The first kappa shape index (κ1) is 31.5. The summed E-state index contributed by atoms with van der Waals surface area (Å²) in [5.41, 5.74) is 4.34. The predicted octanol–water partition coefficient (Wildman–Crippen LogP) is 5.14. The number of anilines is 1. The molecule has 1 fully saturated rings. The van der Waals surface area contributed by atoms with Gasteiger partial charge in [-0.15, -0.1) is 0 Å². The quantitative estimate of drug-likeness (QED) is 0.215. The van der Waals surface area contributed by atoms with Crippen LogP contribution in [0.2, 0.25) is 0 Å². The maximum atomic E-state index is 13.9. The number of fused-ring (bicyclic) bond motifs is 2. The van der Waals surface area contributed by atoms with Gasteiger partial charge in [-0.3, -0.25) is 14.0 Å². The maximum Gasteiger partial charge on any atom is 0.255 e. The molecule has 11 nitrogen and oxygen atoms in total. The van der Waals surface area contributed by atoms with E-state index in [1.165, 1.54) is 41.9 Å². The molecule has 246 valence electrons. The smallest absolute Gasteiger partial charge is 0.255 e. The average Bonchev–Trinajstić information content (AvgIpc) is 3.70. The SMILES string of the molecule is CNC(=O)c1c(-c2ccc(F)cc2)oc2cc(N(CCN3CCNCC3)S(C)(=O)=O)c(-c3cccc(-c4nc5ncccc5o4)c3)cc12. The van der Waals surface area contributed by atoms with Crippen molar-refractivity contribution in [2.75, 3.05) is 56.9 Å². The van der Waals surface area contributed by atoms with E-state index in [1.54, 1.807) is 30.5 Å². The Morgan fingerprint density at radius 2 is 1.75 bits per heavy atom. The van der Waals surface area contributed by atoms with Crippen LogP contribution in [0.4, 0.5) is 10.1 Å². The van der Waals surface area contributed by atoms with Gasteiger partial charge in [-0.2, -0.15) is 4.98 Å². The summed E-state index contributed by atoms with van der Waals surface area (Å²) in [7, 11) is -2.27. The lowest BCUT2D eigenvalue weighted by Crippen LogP contribution is -2.47. The monoisotopic (exact) mass is 668 g/mol. The van der Waals surface area contributed by atoms with Crippen molar-refractivity contribution < 1.29 is 26.4 Å². The second-order valence-electron chi connectivity index (χ2n) is 11.6. The van der Waals surface area contributed by atoms with E-state index in [-0.39, 0.29) is 17.9 Å². The topological polar surface area (TPSA) is 134 Å². The second-order valence-corrected chi connectivity index (χ2v) is 13.5. The van der Waals surface area contributed by atoms with Crippen LogP contribution in [0.1, 0.15) is 10.4 Å². The molecule has 3 aromatic carbocycles. The molecule has 0 aliphatic carbocycles. The van der Waals surface area contributed by atoms with Crippen molar-refractivity contribution in [2.45, 2.75) is 0 Å². The van der Waals surface area contributed by atoms with Crippen molar-refractivity contribution in [1.29, 1.82) is 0 Å². The third-order valence-electron chi connectivity index (χ3n) is 8.45. The zero-order valence-electron chi connectivity index (χ0n) is 26.4. The number of oxazole rings is 1. The number of furan rings is 1. The number of nitrogens with zero attached hydrogens (tertiary/aromatic N) is 4. The molecule has 1 saturated heterocycles. The minimum Gasteiger partial charge on any atom is -0.455 e. The number of halogens is 1. The Bertz CT molecular complexity index is 2210. The molecular formula is C35H33FN6O5S. The van der Waals surface area contributed by atoms with Crippen LogP contribution in [0.5, 0.6) is 0 Å². The number of benzene rings is 3. The summed E-state index contributed by atoms with van der Waals surface area (Å²) < 4.78 is 54.6. The van der Waals surface area contributed by atoms with Crippen LogP contribution in [-0.2, 0) is 10.0 Å². The Kier molecular flexibility index (Phi) is 8.42. The minimum atomic E-state index is -3.79. The van der Waals surface area contributed by atoms with Crippen molar-refractivity contribution in [3.8, 4) is 33.9 Å². The van der Waals surface area contributed by atoms with Crippen LogP contribution >= 0.6 is 0 Å². The van der Waals surface area contributed by atoms with Crippen molar-refractivity contribution >= 4 is 43.8 Å². The fourth-order valence-corrected chi connectivity index (χ4v) is 6.99. The molecule has 0 atom stereocenters. The van der Waals surface area contributed by atoms with Gasteiger partial charge >= 0.3 is 0 Å². The van der Waals surface area contributed by atoms with E-state index >= 15 is 0 Å². The van der Waals surface area contributed by atoms with Crippen molar-refractivity contribution in [2.24, 2.45) is 0 Å². The van der Waals surface area contributed by atoms with Gasteiger partial charge in [0, 0.05) is 80.7 Å². The van der Waals surface area contributed by atoms with Gasteiger partial charge in [0.1, 0.15) is 17.2 Å². The molecule has 13 heteroatoms. The molecule has 0 unspecified atom stereocenters. The van der Waals surface area contributed by atoms with Gasteiger partial charge < -0.3 is 19.5 Å². The molecule has 0 saturated carbocycles. The molecule has 1 aliphatic heterocycles. The standard InChI is InChI=1S/C35H33FN6O5S/c1-37-34(43)31-27-20-26(23-5-3-6-24(19-23)35-40-33-29(47-35)7-4-12-39-33)28(21-30(27)46-32(31)22-8-10-25(36)11-9-22)42(48(2,44)45)18-17-41-15-13-38-14-16-41/h3-12,19-21,38H,13-18H2,1-2H3,(H,37,43). The zero-order chi connectivity index (χ0) is 33.4. The highest BCUT2D eigenvalue weighted by molar-refractivity contribution is 7.92. The molecule has 48 heavy (non-hydrogen) atoms. The molecule has 2 N–H and O–H groups in total. The van der Waals surface area contributed by atoms with Gasteiger partial charge in [-0.1, -0.05) is 12.1 Å². The van der Waals surface area contributed by atoms with Crippen molar-refractivity contribution in [1.82, 2.24) is 25.5 Å². The van der Waals surface area contributed by atoms with Crippen molar-refractivity contribution in [3.05, 3.63) is 90.4 Å². The molecule has 6 aromatic rings. The predicted molar refractivity (Wildman–Crippen MR) is 183 cm³/mol. The Labute approximate surface area is 276 Å². The Morgan fingerprint density at radius 3 is 2.48 bits per heavy atom. The lowest BCUT2D eigenvalue weighted by molar-refractivity contribution is 0.0964. The number of hydrogen-bond donors (Lipinski definition) is 2. The van der Waals surface area contributed by atoms with E-state index in [2.05, 4.69) is 25.5 Å². The molecule has 3 aromatic heterocycles. The maximum absolute atomic E-state index is 13.9. The van der Waals surface area contributed by atoms with Gasteiger partial charge in [0.2, 0.25) is 15.9 Å². The fourth-order valence-electron chi connectivity index (χ4n) is 6.07. The van der Waals surface area contributed by atoms with Crippen molar-refractivity contribution in [3.63, 3.8) is 0 Å². The molecule has 1 amide bonds. The van der Waals surface area contributed by atoms with E-state index in [0.717, 1.165) is 26.2 Å². The van der Waals surface area contributed by atoms with Gasteiger partial charge in [-0.25, -0.2) is 17.8 Å². The zero-order valence-corrected chi connectivity index (χ0v) is 27.2. The van der Waals surface area contributed by atoms with Crippen LogP contribution in [0.25, 0.3) is 56.1 Å². The number of piperazine rings is 1. The van der Waals surface area contributed by atoms with Gasteiger partial charge in [-0.05, 0) is 60.2 Å². The van der Waals surface area contributed by atoms with E-state index in [1.807, 2.05) is 24.3 Å². The summed E-state index contributed by atoms with van der Waals surface area (Å²) in [5.74, 6) is -0.228. The van der Waals surface area contributed by atoms with Gasteiger partial charge in [0.25, 0.3) is 5.91 Å². The largest absolute Gasteiger partial charge is 0.455 e. The van der Waals surface area contributed by atoms with Gasteiger partial charge in [0.05, 0.1) is 17.5 Å². The normalized spacial score (nSPS) is 14.1. The number of sulfonamides is 1. The summed E-state index contributed by atoms with van der Waals surface area (Å²) in [6.07, 6.45) is 2.82. The number of nitrogens with one attached hydrogen (secondary N) is 2. The lowest BCUT2D eigenvalue weighted by atomic mass is 9.97. The highest BCUT2D eigenvalue weighted by atomic mass is 32.2. The molecule has 0 bridgehead atoms. The first-order chi connectivity index (χ1) is 23.2. The molecular weight excluding hydrogens is 635 g/mol. The third-order valence-corrected chi connectivity index (χ3v) is 9.63. The first-order valence-corrected chi connectivity index (χ1v) is 17.4. The highest BCUT2D eigenvalue weighted by Crippen LogP contribution is 2.42. The molecule has 0 spiro atoms. The van der Waals surface area contributed by atoms with Gasteiger partial charge in [0.15, 0.2) is 11.2 Å². The number of carbonyl (C=O) groups is 1. The summed E-state index contributed by atoms with van der Waals surface area (Å²) in [5, 5.41) is 6.48. The van der Waals surface area contributed by atoms with E-state index in [0.29, 0.717) is 62.6 Å². The summed E-state index contributed by atoms with van der Waals surface area (Å²) >= 11 is 0. The Balaban J connectivity index is 1.44. The molecule has 0 radical (unpaired) electrons. The van der Waals surface area contributed by atoms with Crippen LogP contribution < -0.4 is 14.9 Å². The molecule has 4 heterocycles. The summed E-state index contributed by atoms with van der Waals surface area (Å²) in [6.45, 7) is 3.98. The molecule has 1 aliphatic rings. The molecule has 7 rings (SSSR count). The fraction of sp³-hybridized carbons (Fsp3) is 0.229. The second kappa shape index (κ2) is 12.8. The third kappa shape index (κ3) is 6.15. The summed E-state index contributed by atoms with van der Waals surface area (Å²) in [4.78, 5) is 24.4. The Hall–Kier alpha value is -5.11.